The summed E-state index contributed by atoms with van der Waals surface area (Å²) in [5, 5.41) is 0.453. The van der Waals surface area contributed by atoms with E-state index < -0.39 is 0 Å². The fourth-order valence-electron chi connectivity index (χ4n) is 1.11. The molecule has 0 saturated carbocycles. The first-order valence-corrected chi connectivity index (χ1v) is 5.83. The molecule has 1 aliphatic rings. The number of hydrogen-bond donors (Lipinski definition) is 1. The topological polar surface area (TPSA) is 35.2 Å². The van der Waals surface area contributed by atoms with Crippen LogP contribution in [-0.4, -0.2) is 18.5 Å². The molecular weight excluding hydrogens is 269 g/mol. The first-order valence-electron chi connectivity index (χ1n) is 4.16. The first-order chi connectivity index (χ1) is 6.66. The van der Waals surface area contributed by atoms with Gasteiger partial charge < -0.3 is 10.5 Å². The van der Waals surface area contributed by atoms with Crippen molar-refractivity contribution in [1.82, 2.24) is 0 Å². The summed E-state index contributed by atoms with van der Waals surface area (Å²) in [6.07, 6.45) is 0. The van der Waals surface area contributed by atoms with E-state index in [-0.39, 0.29) is 5.82 Å². The number of anilines is 1. The van der Waals surface area contributed by atoms with Crippen LogP contribution in [0.1, 0.15) is 0 Å². The molecule has 2 N–H and O–H groups in total. The lowest BCUT2D eigenvalue weighted by Gasteiger charge is -2.25. The van der Waals surface area contributed by atoms with Crippen molar-refractivity contribution in [3.8, 4) is 0 Å². The maximum absolute atomic E-state index is 13.0. The van der Waals surface area contributed by atoms with E-state index in [1.807, 2.05) is 0 Å². The van der Waals surface area contributed by atoms with E-state index in [1.54, 1.807) is 17.8 Å². The van der Waals surface area contributed by atoms with Gasteiger partial charge in [-0.1, -0.05) is 0 Å². The van der Waals surface area contributed by atoms with Crippen molar-refractivity contribution in [2.75, 3.05) is 18.9 Å². The van der Waals surface area contributed by atoms with Crippen LogP contribution < -0.4 is 5.73 Å². The molecule has 1 heterocycles. The molecule has 0 atom stereocenters. The Kier molecular flexibility index (Phi) is 2.99. The zero-order valence-electron chi connectivity index (χ0n) is 7.30. The fourth-order valence-corrected chi connectivity index (χ4v) is 2.67. The lowest BCUT2D eigenvalue weighted by atomic mass is 10.3. The van der Waals surface area contributed by atoms with Gasteiger partial charge in [0.15, 0.2) is 0 Å². The zero-order chi connectivity index (χ0) is 10.1. The fraction of sp³-hybridized carbons (Fsp3) is 0.333. The van der Waals surface area contributed by atoms with Gasteiger partial charge in [-0.2, -0.15) is 0 Å². The molecule has 1 fully saturated rings. The Bertz CT molecular complexity index is 357. The second-order valence-corrected chi connectivity index (χ2v) is 5.28. The number of halogens is 2. The molecular formula is C9H9BrFNOS. The predicted molar refractivity (Wildman–Crippen MR) is 59.0 cm³/mol. The summed E-state index contributed by atoms with van der Waals surface area (Å²) in [6, 6.07) is 3.06. The van der Waals surface area contributed by atoms with Crippen LogP contribution in [0.4, 0.5) is 10.1 Å². The third kappa shape index (κ3) is 2.04. The molecule has 14 heavy (non-hydrogen) atoms. The molecule has 2 nitrogen and oxygen atoms in total. The molecule has 0 unspecified atom stereocenters. The molecule has 1 saturated heterocycles. The van der Waals surface area contributed by atoms with Crippen LogP contribution in [0, 0.1) is 5.82 Å². The number of hydrogen-bond acceptors (Lipinski definition) is 3. The van der Waals surface area contributed by atoms with E-state index in [2.05, 4.69) is 15.9 Å². The highest BCUT2D eigenvalue weighted by atomic mass is 79.9. The van der Waals surface area contributed by atoms with Gasteiger partial charge in [-0.05, 0) is 28.1 Å². The molecule has 1 aliphatic heterocycles. The SMILES string of the molecule is Nc1cc(F)c(Br)cc1SC1COC1. The van der Waals surface area contributed by atoms with Gasteiger partial charge in [-0.3, -0.25) is 0 Å². The van der Waals surface area contributed by atoms with Crippen molar-refractivity contribution >= 4 is 33.4 Å². The highest BCUT2D eigenvalue weighted by molar-refractivity contribution is 9.10. The molecule has 76 valence electrons. The van der Waals surface area contributed by atoms with E-state index >= 15 is 0 Å². The molecule has 2 rings (SSSR count). The van der Waals surface area contributed by atoms with E-state index in [0.29, 0.717) is 15.4 Å². The second-order valence-electron chi connectivity index (χ2n) is 3.08. The summed E-state index contributed by atoms with van der Waals surface area (Å²) < 4.78 is 18.5. The van der Waals surface area contributed by atoms with E-state index in [0.717, 1.165) is 18.1 Å². The summed E-state index contributed by atoms with van der Waals surface area (Å²) in [4.78, 5) is 0.909. The minimum Gasteiger partial charge on any atom is -0.398 e. The van der Waals surface area contributed by atoms with Crippen LogP contribution in [0.5, 0.6) is 0 Å². The smallest absolute Gasteiger partial charge is 0.139 e. The van der Waals surface area contributed by atoms with Gasteiger partial charge in [-0.25, -0.2) is 4.39 Å². The van der Waals surface area contributed by atoms with Crippen molar-refractivity contribution in [2.45, 2.75) is 10.1 Å². The quantitative estimate of drug-likeness (QED) is 0.845. The summed E-state index contributed by atoms with van der Waals surface area (Å²) in [5.74, 6) is -0.322. The Hall–Kier alpha value is -0.260. The number of benzene rings is 1. The average Bonchev–Trinajstić information content (AvgIpc) is 2.06. The van der Waals surface area contributed by atoms with Gasteiger partial charge in [0, 0.05) is 10.6 Å². The molecule has 0 radical (unpaired) electrons. The Morgan fingerprint density at radius 1 is 1.50 bits per heavy atom. The lowest BCUT2D eigenvalue weighted by molar-refractivity contribution is 0.0455. The highest BCUT2D eigenvalue weighted by Crippen LogP contribution is 2.35. The minimum atomic E-state index is -0.322. The van der Waals surface area contributed by atoms with Crippen molar-refractivity contribution in [3.05, 3.63) is 22.4 Å². The van der Waals surface area contributed by atoms with Crippen LogP contribution in [0.2, 0.25) is 0 Å². The van der Waals surface area contributed by atoms with Crippen molar-refractivity contribution in [3.63, 3.8) is 0 Å². The van der Waals surface area contributed by atoms with Crippen molar-refractivity contribution in [1.29, 1.82) is 0 Å². The summed E-state index contributed by atoms with van der Waals surface area (Å²) in [7, 11) is 0. The third-order valence-corrected chi connectivity index (χ3v) is 3.77. The van der Waals surface area contributed by atoms with Crippen molar-refractivity contribution < 1.29 is 9.13 Å². The van der Waals surface area contributed by atoms with Gasteiger partial charge >= 0.3 is 0 Å². The van der Waals surface area contributed by atoms with E-state index in [1.165, 1.54) is 6.07 Å². The first kappa shape index (κ1) is 10.3. The van der Waals surface area contributed by atoms with Gasteiger partial charge in [0.2, 0.25) is 0 Å². The molecule has 1 aromatic rings. The monoisotopic (exact) mass is 277 g/mol. The average molecular weight is 278 g/mol. The zero-order valence-corrected chi connectivity index (χ0v) is 9.70. The predicted octanol–water partition coefficient (Wildman–Crippen LogP) is 2.66. The van der Waals surface area contributed by atoms with Gasteiger partial charge in [-0.15, -0.1) is 11.8 Å². The van der Waals surface area contributed by atoms with Crippen LogP contribution in [0.15, 0.2) is 21.5 Å². The van der Waals surface area contributed by atoms with E-state index in [4.69, 9.17) is 10.5 Å². The molecule has 0 amide bonds. The maximum Gasteiger partial charge on any atom is 0.139 e. The number of nitrogen functional groups attached to an aromatic ring is 1. The third-order valence-electron chi connectivity index (χ3n) is 1.95. The Balaban J connectivity index is 2.19. The number of nitrogens with two attached hydrogens (primary N) is 1. The molecule has 0 bridgehead atoms. The largest absolute Gasteiger partial charge is 0.398 e. The van der Waals surface area contributed by atoms with Gasteiger partial charge in [0.1, 0.15) is 5.82 Å². The summed E-state index contributed by atoms with van der Waals surface area (Å²) >= 11 is 4.77. The Labute approximate surface area is 94.1 Å². The summed E-state index contributed by atoms with van der Waals surface area (Å²) in [5.41, 5.74) is 6.18. The van der Waals surface area contributed by atoms with Crippen molar-refractivity contribution in [2.24, 2.45) is 0 Å². The molecule has 0 aliphatic carbocycles. The maximum atomic E-state index is 13.0. The van der Waals surface area contributed by atoms with Crippen LogP contribution in [-0.2, 0) is 4.74 Å². The number of rotatable bonds is 2. The number of thioether (sulfide) groups is 1. The summed E-state index contributed by atoms with van der Waals surface area (Å²) in [6.45, 7) is 1.50. The lowest BCUT2D eigenvalue weighted by Crippen LogP contribution is -2.30. The Morgan fingerprint density at radius 3 is 2.79 bits per heavy atom. The number of ether oxygens (including phenoxy) is 1. The van der Waals surface area contributed by atoms with Crippen LogP contribution in [0.25, 0.3) is 0 Å². The normalized spacial score (nSPS) is 16.7. The van der Waals surface area contributed by atoms with Crippen LogP contribution in [0.3, 0.4) is 0 Å². The standard InChI is InChI=1S/C9H9BrFNOS/c10-6-1-9(8(12)2-7(6)11)14-5-3-13-4-5/h1-2,5H,3-4,12H2. The second kappa shape index (κ2) is 4.08. The minimum absolute atomic E-state index is 0.322. The molecule has 0 spiro atoms. The van der Waals surface area contributed by atoms with Gasteiger partial charge in [0.05, 0.1) is 22.9 Å². The molecule has 5 heteroatoms. The van der Waals surface area contributed by atoms with Crippen LogP contribution >= 0.6 is 27.7 Å². The molecule has 0 aromatic heterocycles. The highest BCUT2D eigenvalue weighted by Gasteiger charge is 2.21. The molecule has 1 aromatic carbocycles. The van der Waals surface area contributed by atoms with Gasteiger partial charge in [0.25, 0.3) is 0 Å². The Morgan fingerprint density at radius 2 is 2.21 bits per heavy atom. The van der Waals surface area contributed by atoms with E-state index in [9.17, 15) is 4.39 Å².